The van der Waals surface area contributed by atoms with Gasteiger partial charge in [-0.25, -0.2) is 0 Å². The van der Waals surface area contributed by atoms with Gasteiger partial charge in [-0.2, -0.15) is 0 Å². The van der Waals surface area contributed by atoms with Crippen molar-refractivity contribution in [3.63, 3.8) is 0 Å². The molecule has 1 heterocycles. The van der Waals surface area contributed by atoms with Crippen molar-refractivity contribution in [3.8, 4) is 5.75 Å². The molecule has 1 atom stereocenters. The molecule has 1 N–H and O–H groups in total. The summed E-state index contributed by atoms with van der Waals surface area (Å²) in [6, 6.07) is 4.14. The standard InChI is InChI=1S/C24H34O2/c1-6-8-17(3)22-12-13-26-23(22)11-10-20(9-7-2)16-21-14-18(4)24(25)19(5)15-21/h12,14-16,23,25H,3,6-11,13H2,1-2,4-5H3/b20-16+. The van der Waals surface area contributed by atoms with E-state index in [4.69, 9.17) is 4.74 Å². The van der Waals surface area contributed by atoms with E-state index in [2.05, 4.69) is 44.7 Å². The van der Waals surface area contributed by atoms with E-state index in [1.807, 2.05) is 13.8 Å². The van der Waals surface area contributed by atoms with E-state index >= 15 is 0 Å². The average Bonchev–Trinajstić information content (AvgIpc) is 3.06. The third kappa shape index (κ3) is 5.35. The first-order valence-corrected chi connectivity index (χ1v) is 9.95. The van der Waals surface area contributed by atoms with Gasteiger partial charge in [0.25, 0.3) is 0 Å². The zero-order chi connectivity index (χ0) is 19.1. The lowest BCUT2D eigenvalue weighted by Crippen LogP contribution is -2.12. The lowest BCUT2D eigenvalue weighted by atomic mass is 9.93. The molecule has 1 unspecified atom stereocenters. The molecule has 26 heavy (non-hydrogen) atoms. The zero-order valence-electron chi connectivity index (χ0n) is 16.9. The first-order chi connectivity index (χ1) is 12.5. The van der Waals surface area contributed by atoms with Crippen LogP contribution in [0.2, 0.25) is 0 Å². The molecular formula is C24H34O2. The fourth-order valence-electron chi connectivity index (χ4n) is 3.75. The van der Waals surface area contributed by atoms with E-state index in [9.17, 15) is 5.11 Å². The van der Waals surface area contributed by atoms with E-state index in [1.54, 1.807) is 0 Å². The Kier molecular flexibility index (Phi) is 7.71. The van der Waals surface area contributed by atoms with Crippen LogP contribution in [0.25, 0.3) is 6.08 Å². The molecule has 1 aliphatic heterocycles. The molecule has 0 aliphatic carbocycles. The van der Waals surface area contributed by atoms with Crippen LogP contribution in [0, 0.1) is 13.8 Å². The lowest BCUT2D eigenvalue weighted by molar-refractivity contribution is 0.116. The predicted octanol–water partition coefficient (Wildman–Crippen LogP) is 6.65. The third-order valence-corrected chi connectivity index (χ3v) is 5.09. The fraction of sp³-hybridized carbons (Fsp3) is 0.500. The molecule has 0 radical (unpaired) electrons. The SMILES string of the molecule is C=C(CCC)C1=CCOC1CC/C(=C/c1cc(C)c(O)c(C)c1)CCC. The molecule has 0 aromatic heterocycles. The van der Waals surface area contributed by atoms with Gasteiger partial charge >= 0.3 is 0 Å². The van der Waals surface area contributed by atoms with Crippen molar-refractivity contribution in [2.75, 3.05) is 6.61 Å². The summed E-state index contributed by atoms with van der Waals surface area (Å²) >= 11 is 0. The average molecular weight is 355 g/mol. The first-order valence-electron chi connectivity index (χ1n) is 9.95. The Morgan fingerprint density at radius 2 is 1.81 bits per heavy atom. The van der Waals surface area contributed by atoms with Crippen LogP contribution in [0.15, 0.2) is 41.5 Å². The predicted molar refractivity (Wildman–Crippen MR) is 112 cm³/mol. The van der Waals surface area contributed by atoms with Gasteiger partial charge in [0, 0.05) is 0 Å². The highest BCUT2D eigenvalue weighted by atomic mass is 16.5. The van der Waals surface area contributed by atoms with Crippen LogP contribution in [0.4, 0.5) is 0 Å². The smallest absolute Gasteiger partial charge is 0.121 e. The van der Waals surface area contributed by atoms with Gasteiger partial charge in [0.15, 0.2) is 0 Å². The summed E-state index contributed by atoms with van der Waals surface area (Å²) in [7, 11) is 0. The minimum atomic E-state index is 0.192. The highest BCUT2D eigenvalue weighted by molar-refractivity contribution is 5.58. The maximum atomic E-state index is 9.99. The molecule has 2 heteroatoms. The Labute approximate surface area is 159 Å². The van der Waals surface area contributed by atoms with E-state index < -0.39 is 0 Å². The number of aryl methyl sites for hydroxylation is 2. The van der Waals surface area contributed by atoms with Crippen LogP contribution in [-0.4, -0.2) is 17.8 Å². The number of aromatic hydroxyl groups is 1. The maximum absolute atomic E-state index is 9.99. The van der Waals surface area contributed by atoms with Crippen LogP contribution in [0.5, 0.6) is 5.75 Å². The summed E-state index contributed by atoms with van der Waals surface area (Å²) in [5, 5.41) is 9.99. The molecule has 2 nitrogen and oxygen atoms in total. The molecule has 0 bridgehead atoms. The Morgan fingerprint density at radius 3 is 2.42 bits per heavy atom. The molecule has 0 saturated heterocycles. The largest absolute Gasteiger partial charge is 0.507 e. The normalized spacial score (nSPS) is 17.5. The Bertz CT molecular complexity index is 671. The van der Waals surface area contributed by atoms with Crippen molar-refractivity contribution in [1.29, 1.82) is 0 Å². The molecule has 1 aliphatic rings. The molecule has 2 rings (SSSR count). The summed E-state index contributed by atoms with van der Waals surface area (Å²) in [4.78, 5) is 0. The van der Waals surface area contributed by atoms with Gasteiger partial charge in [-0.3, -0.25) is 0 Å². The number of phenolic OH excluding ortho intramolecular Hbond substituents is 1. The quantitative estimate of drug-likeness (QED) is 0.537. The fourth-order valence-corrected chi connectivity index (χ4v) is 3.75. The third-order valence-electron chi connectivity index (χ3n) is 5.09. The van der Waals surface area contributed by atoms with Crippen LogP contribution >= 0.6 is 0 Å². The second kappa shape index (κ2) is 9.78. The molecule has 0 saturated carbocycles. The Morgan fingerprint density at radius 1 is 1.15 bits per heavy atom. The molecule has 0 amide bonds. The van der Waals surface area contributed by atoms with Crippen molar-refractivity contribution in [3.05, 3.63) is 58.2 Å². The number of rotatable bonds is 9. The van der Waals surface area contributed by atoms with E-state index in [-0.39, 0.29) is 6.10 Å². The van der Waals surface area contributed by atoms with Gasteiger partial charge in [0.05, 0.1) is 12.7 Å². The lowest BCUT2D eigenvalue weighted by Gasteiger charge is -2.18. The number of ether oxygens (including phenoxy) is 1. The minimum Gasteiger partial charge on any atom is -0.507 e. The van der Waals surface area contributed by atoms with Gasteiger partial charge < -0.3 is 9.84 Å². The minimum absolute atomic E-state index is 0.192. The van der Waals surface area contributed by atoms with Crippen LogP contribution in [-0.2, 0) is 4.74 Å². The van der Waals surface area contributed by atoms with Gasteiger partial charge in [0.2, 0.25) is 0 Å². The summed E-state index contributed by atoms with van der Waals surface area (Å²) in [6.45, 7) is 13.3. The van der Waals surface area contributed by atoms with E-state index in [1.165, 1.54) is 22.3 Å². The van der Waals surface area contributed by atoms with Gasteiger partial charge in [-0.05, 0) is 79.5 Å². The summed E-state index contributed by atoms with van der Waals surface area (Å²) in [6.07, 6.45) is 11.2. The van der Waals surface area contributed by atoms with Gasteiger partial charge in [0.1, 0.15) is 5.75 Å². The summed E-state index contributed by atoms with van der Waals surface area (Å²) < 4.78 is 5.95. The van der Waals surface area contributed by atoms with Crippen molar-refractivity contribution in [1.82, 2.24) is 0 Å². The van der Waals surface area contributed by atoms with Gasteiger partial charge in [-0.15, -0.1) is 0 Å². The summed E-state index contributed by atoms with van der Waals surface area (Å²) in [5.41, 5.74) is 7.06. The van der Waals surface area contributed by atoms with E-state index in [0.717, 1.165) is 49.7 Å². The summed E-state index contributed by atoms with van der Waals surface area (Å²) in [5.74, 6) is 0.405. The monoisotopic (exact) mass is 354 g/mol. The van der Waals surface area contributed by atoms with Crippen molar-refractivity contribution in [2.45, 2.75) is 72.3 Å². The zero-order valence-corrected chi connectivity index (χ0v) is 16.9. The van der Waals surface area contributed by atoms with Crippen molar-refractivity contribution < 1.29 is 9.84 Å². The van der Waals surface area contributed by atoms with Crippen LogP contribution in [0.3, 0.4) is 0 Å². The highest BCUT2D eigenvalue weighted by Crippen LogP contribution is 2.30. The van der Waals surface area contributed by atoms with Crippen molar-refractivity contribution in [2.24, 2.45) is 0 Å². The van der Waals surface area contributed by atoms with Crippen LogP contribution in [0.1, 0.15) is 69.1 Å². The first kappa shape index (κ1) is 20.5. The Balaban J connectivity index is 2.09. The molecule has 1 aromatic carbocycles. The number of hydrogen-bond donors (Lipinski definition) is 1. The number of phenols is 1. The van der Waals surface area contributed by atoms with Crippen molar-refractivity contribution >= 4 is 6.08 Å². The molecule has 1 aromatic rings. The second-order valence-electron chi connectivity index (χ2n) is 7.43. The van der Waals surface area contributed by atoms with E-state index in [0.29, 0.717) is 12.4 Å². The number of allylic oxidation sites excluding steroid dienone is 1. The Hall–Kier alpha value is -1.80. The number of benzene rings is 1. The molecular weight excluding hydrogens is 320 g/mol. The number of hydrogen-bond acceptors (Lipinski definition) is 2. The van der Waals surface area contributed by atoms with Crippen LogP contribution < -0.4 is 0 Å². The van der Waals surface area contributed by atoms with Gasteiger partial charge in [-0.1, -0.05) is 51.0 Å². The molecule has 142 valence electrons. The second-order valence-corrected chi connectivity index (χ2v) is 7.43. The highest BCUT2D eigenvalue weighted by Gasteiger charge is 2.21. The maximum Gasteiger partial charge on any atom is 0.121 e. The molecule has 0 spiro atoms. The molecule has 0 fully saturated rings. The topological polar surface area (TPSA) is 29.5 Å².